The predicted molar refractivity (Wildman–Crippen MR) is 96.6 cm³/mol. The van der Waals surface area contributed by atoms with Gasteiger partial charge >= 0.3 is 6.03 Å². The van der Waals surface area contributed by atoms with Gasteiger partial charge in [0, 0.05) is 11.4 Å². The molecule has 1 aromatic heterocycles. The number of halogens is 1. The number of hydrogen-bond acceptors (Lipinski definition) is 3. The van der Waals surface area contributed by atoms with Crippen molar-refractivity contribution in [1.82, 2.24) is 10.2 Å². The monoisotopic (exact) mass is 363 g/mol. The van der Waals surface area contributed by atoms with Crippen molar-refractivity contribution in [2.45, 2.75) is 32.4 Å². The van der Waals surface area contributed by atoms with Crippen molar-refractivity contribution in [2.24, 2.45) is 5.73 Å². The first-order valence-electron chi connectivity index (χ1n) is 8.06. The molecule has 2 rings (SSSR count). The number of primary amides is 1. The fourth-order valence-electron chi connectivity index (χ4n) is 2.76. The molecule has 3 amide bonds. The van der Waals surface area contributed by atoms with Crippen LogP contribution in [0.5, 0.6) is 0 Å². The second-order valence-electron chi connectivity index (χ2n) is 5.69. The van der Waals surface area contributed by atoms with E-state index in [1.165, 1.54) is 23.5 Å². The van der Waals surface area contributed by atoms with Crippen LogP contribution in [0.2, 0.25) is 0 Å². The van der Waals surface area contributed by atoms with E-state index in [9.17, 15) is 14.0 Å². The summed E-state index contributed by atoms with van der Waals surface area (Å²) in [5, 5.41) is 4.51. The Morgan fingerprint density at radius 3 is 2.48 bits per heavy atom. The molecule has 0 fully saturated rings. The highest BCUT2D eigenvalue weighted by atomic mass is 32.1. The van der Waals surface area contributed by atoms with Crippen LogP contribution < -0.4 is 11.1 Å². The minimum atomic E-state index is -0.666. The van der Waals surface area contributed by atoms with Crippen LogP contribution in [-0.2, 0) is 4.79 Å². The van der Waals surface area contributed by atoms with Gasteiger partial charge in [0.25, 0.3) is 0 Å². The van der Waals surface area contributed by atoms with Crippen LogP contribution >= 0.6 is 11.3 Å². The fraction of sp³-hybridized carbons (Fsp3) is 0.333. The van der Waals surface area contributed by atoms with E-state index in [-0.39, 0.29) is 24.2 Å². The molecular formula is C18H22FN3O2S. The summed E-state index contributed by atoms with van der Waals surface area (Å²) in [5.74, 6) is -0.416. The number of amides is 3. The van der Waals surface area contributed by atoms with E-state index in [1.54, 1.807) is 17.0 Å². The molecule has 0 radical (unpaired) electrons. The number of thiophene rings is 1. The van der Waals surface area contributed by atoms with Gasteiger partial charge in [-0.25, -0.2) is 9.18 Å². The smallest absolute Gasteiger partial charge is 0.312 e. The molecule has 3 N–H and O–H groups in total. The minimum Gasteiger partial charge on any atom is -0.352 e. The molecule has 1 aromatic carbocycles. The van der Waals surface area contributed by atoms with Crippen LogP contribution in [0.3, 0.4) is 0 Å². The average molecular weight is 363 g/mol. The summed E-state index contributed by atoms with van der Waals surface area (Å²) in [6.45, 7) is 4.29. The molecule has 2 aromatic rings. The third-order valence-electron chi connectivity index (χ3n) is 4.06. The first-order chi connectivity index (χ1) is 11.9. The molecule has 1 heterocycles. The zero-order chi connectivity index (χ0) is 18.4. The zero-order valence-corrected chi connectivity index (χ0v) is 15.1. The van der Waals surface area contributed by atoms with Crippen LogP contribution in [0.25, 0.3) is 0 Å². The quantitative estimate of drug-likeness (QED) is 0.789. The number of nitrogens with zero attached hydrogens (tertiary/aromatic N) is 1. The van der Waals surface area contributed by atoms with E-state index < -0.39 is 12.1 Å². The van der Waals surface area contributed by atoms with E-state index in [1.807, 2.05) is 31.4 Å². The summed E-state index contributed by atoms with van der Waals surface area (Å²) < 4.78 is 13.1. The number of carbonyl (C=O) groups excluding carboxylic acids is 2. The van der Waals surface area contributed by atoms with Crippen LogP contribution in [0.15, 0.2) is 41.8 Å². The van der Waals surface area contributed by atoms with Gasteiger partial charge in [-0.05, 0) is 43.0 Å². The first kappa shape index (κ1) is 18.9. The third kappa shape index (κ3) is 5.03. The van der Waals surface area contributed by atoms with Crippen LogP contribution in [0.1, 0.15) is 42.8 Å². The number of urea groups is 1. The Morgan fingerprint density at radius 1 is 1.28 bits per heavy atom. The molecule has 0 bridgehead atoms. The van der Waals surface area contributed by atoms with Gasteiger partial charge in [0.05, 0.1) is 18.5 Å². The molecule has 0 saturated heterocycles. The van der Waals surface area contributed by atoms with Gasteiger partial charge in [-0.1, -0.05) is 18.2 Å². The fourth-order valence-corrected chi connectivity index (χ4v) is 3.54. The second kappa shape index (κ2) is 8.62. The Bertz CT molecular complexity index is 704. The molecule has 0 aliphatic heterocycles. The maximum absolute atomic E-state index is 13.1. The Balaban J connectivity index is 2.14. The van der Waals surface area contributed by atoms with Crippen molar-refractivity contribution >= 4 is 23.3 Å². The number of carbonyl (C=O) groups is 2. The van der Waals surface area contributed by atoms with Crippen molar-refractivity contribution in [2.75, 3.05) is 6.54 Å². The van der Waals surface area contributed by atoms with Crippen molar-refractivity contribution in [1.29, 1.82) is 0 Å². The average Bonchev–Trinajstić information content (AvgIpc) is 3.09. The lowest BCUT2D eigenvalue weighted by atomic mass is 10.0. The molecule has 5 nitrogen and oxygen atoms in total. The van der Waals surface area contributed by atoms with Crippen molar-refractivity contribution in [3.05, 3.63) is 58.0 Å². The molecular weight excluding hydrogens is 341 g/mol. The molecule has 7 heteroatoms. The topological polar surface area (TPSA) is 75.4 Å². The second-order valence-corrected chi connectivity index (χ2v) is 6.67. The number of benzene rings is 1. The standard InChI is InChI=1S/C18H22FN3O2S/c1-3-22(12(2)13-6-8-14(19)9-7-13)17(23)11-15(21-18(20)24)16-5-4-10-25-16/h4-10,12,15H,3,11H2,1-2H3,(H3,20,21,24)/t12-,15+/m1/s1. The summed E-state index contributed by atoms with van der Waals surface area (Å²) in [6.07, 6.45) is 0.114. The van der Waals surface area contributed by atoms with E-state index in [0.29, 0.717) is 6.54 Å². The number of rotatable bonds is 7. The van der Waals surface area contributed by atoms with Crippen LogP contribution in [0, 0.1) is 5.82 Å². The number of nitrogens with one attached hydrogen (secondary N) is 1. The molecule has 0 aliphatic rings. The molecule has 25 heavy (non-hydrogen) atoms. The summed E-state index contributed by atoms with van der Waals surface area (Å²) in [6, 6.07) is 8.51. The molecule has 2 atom stereocenters. The highest BCUT2D eigenvalue weighted by Crippen LogP contribution is 2.26. The van der Waals surface area contributed by atoms with Gasteiger partial charge in [0.1, 0.15) is 5.82 Å². The summed E-state index contributed by atoms with van der Waals surface area (Å²) in [4.78, 5) is 26.7. The van der Waals surface area contributed by atoms with Gasteiger partial charge in [0.2, 0.25) is 5.91 Å². The molecule has 0 spiro atoms. The largest absolute Gasteiger partial charge is 0.352 e. The van der Waals surface area contributed by atoms with Gasteiger partial charge < -0.3 is 16.0 Å². The van der Waals surface area contributed by atoms with E-state index in [0.717, 1.165) is 10.4 Å². The van der Waals surface area contributed by atoms with Gasteiger partial charge in [-0.2, -0.15) is 0 Å². The number of hydrogen-bond donors (Lipinski definition) is 2. The predicted octanol–water partition coefficient (Wildman–Crippen LogP) is 3.60. The Labute approximate surface area is 150 Å². The molecule has 0 unspecified atom stereocenters. The highest BCUT2D eigenvalue weighted by molar-refractivity contribution is 7.10. The minimum absolute atomic E-state index is 0.105. The first-order valence-corrected chi connectivity index (χ1v) is 8.94. The SMILES string of the molecule is CCN(C(=O)C[C@H](NC(N)=O)c1cccs1)[C@H](C)c1ccc(F)cc1. The van der Waals surface area contributed by atoms with Crippen molar-refractivity contribution in [3.63, 3.8) is 0 Å². The number of nitrogens with two attached hydrogens (primary N) is 1. The van der Waals surface area contributed by atoms with Crippen molar-refractivity contribution in [3.8, 4) is 0 Å². The van der Waals surface area contributed by atoms with Crippen LogP contribution in [0.4, 0.5) is 9.18 Å². The summed E-state index contributed by atoms with van der Waals surface area (Å²) in [7, 11) is 0. The zero-order valence-electron chi connectivity index (χ0n) is 14.2. The summed E-state index contributed by atoms with van der Waals surface area (Å²) in [5.41, 5.74) is 6.10. The van der Waals surface area contributed by atoms with E-state index >= 15 is 0 Å². The lowest BCUT2D eigenvalue weighted by Crippen LogP contribution is -2.39. The van der Waals surface area contributed by atoms with Crippen molar-refractivity contribution < 1.29 is 14.0 Å². The van der Waals surface area contributed by atoms with E-state index in [4.69, 9.17) is 5.73 Å². The van der Waals surface area contributed by atoms with E-state index in [2.05, 4.69) is 5.32 Å². The molecule has 0 saturated carbocycles. The van der Waals surface area contributed by atoms with Gasteiger partial charge in [-0.15, -0.1) is 11.3 Å². The summed E-state index contributed by atoms with van der Waals surface area (Å²) >= 11 is 1.46. The lowest BCUT2D eigenvalue weighted by molar-refractivity contribution is -0.133. The third-order valence-corrected chi connectivity index (χ3v) is 5.05. The Morgan fingerprint density at radius 2 is 1.96 bits per heavy atom. The lowest BCUT2D eigenvalue weighted by Gasteiger charge is -2.30. The normalized spacial score (nSPS) is 13.1. The molecule has 134 valence electrons. The van der Waals surface area contributed by atoms with Crippen LogP contribution in [-0.4, -0.2) is 23.4 Å². The maximum Gasteiger partial charge on any atom is 0.312 e. The molecule has 0 aliphatic carbocycles. The Hall–Kier alpha value is -2.41. The van der Waals surface area contributed by atoms with Gasteiger partial charge in [-0.3, -0.25) is 4.79 Å². The highest BCUT2D eigenvalue weighted by Gasteiger charge is 2.25. The van der Waals surface area contributed by atoms with Gasteiger partial charge in [0.15, 0.2) is 0 Å². The maximum atomic E-state index is 13.1. The Kier molecular flexibility index (Phi) is 6.52.